The number of hydrogen-bond donors (Lipinski definition) is 1. The van der Waals surface area contributed by atoms with Gasteiger partial charge in [-0.2, -0.15) is 0 Å². The summed E-state index contributed by atoms with van der Waals surface area (Å²) in [5.41, 5.74) is 1.56. The van der Waals surface area contributed by atoms with Crippen molar-refractivity contribution in [3.63, 3.8) is 0 Å². The first kappa shape index (κ1) is 13.8. The number of halogens is 1. The van der Waals surface area contributed by atoms with Crippen LogP contribution in [0.1, 0.15) is 36.9 Å². The molecule has 2 nitrogen and oxygen atoms in total. The molecule has 0 aliphatic carbocycles. The molecule has 1 N–H and O–H groups in total. The molecule has 1 fully saturated rings. The van der Waals surface area contributed by atoms with Crippen LogP contribution >= 0.6 is 0 Å². The average molecular weight is 283 g/mol. The van der Waals surface area contributed by atoms with Crippen molar-refractivity contribution in [2.75, 3.05) is 0 Å². The van der Waals surface area contributed by atoms with Gasteiger partial charge in [0.05, 0.1) is 6.04 Å². The predicted molar refractivity (Wildman–Crippen MR) is 80.3 cm³/mol. The Hall–Kier alpha value is -2.16. The van der Waals surface area contributed by atoms with Gasteiger partial charge in [0.15, 0.2) is 0 Å². The van der Waals surface area contributed by atoms with Crippen LogP contribution < -0.4 is 5.32 Å². The molecule has 1 heterocycles. The summed E-state index contributed by atoms with van der Waals surface area (Å²) in [7, 11) is 0. The van der Waals surface area contributed by atoms with Gasteiger partial charge in [-0.1, -0.05) is 49.4 Å². The van der Waals surface area contributed by atoms with Gasteiger partial charge in [-0.3, -0.25) is 4.79 Å². The van der Waals surface area contributed by atoms with Crippen molar-refractivity contribution >= 4 is 5.91 Å². The predicted octanol–water partition coefficient (Wildman–Crippen LogP) is 3.73. The van der Waals surface area contributed by atoms with Crippen LogP contribution in [0.4, 0.5) is 4.39 Å². The molecule has 0 spiro atoms. The molecule has 1 saturated heterocycles. The van der Waals surface area contributed by atoms with Crippen LogP contribution in [-0.4, -0.2) is 5.91 Å². The molecule has 2 aromatic rings. The number of amides is 1. The third kappa shape index (κ3) is 2.33. The Bertz CT molecular complexity index is 655. The van der Waals surface area contributed by atoms with E-state index in [4.69, 9.17) is 0 Å². The van der Waals surface area contributed by atoms with Crippen molar-refractivity contribution < 1.29 is 9.18 Å². The van der Waals surface area contributed by atoms with Gasteiger partial charge in [-0.05, 0) is 29.7 Å². The monoisotopic (exact) mass is 283 g/mol. The molecule has 0 radical (unpaired) electrons. The van der Waals surface area contributed by atoms with Crippen molar-refractivity contribution in [3.8, 4) is 0 Å². The largest absolute Gasteiger partial charge is 0.348 e. The molecule has 0 bridgehead atoms. The summed E-state index contributed by atoms with van der Waals surface area (Å²) in [5, 5.41) is 3.07. The van der Waals surface area contributed by atoms with Gasteiger partial charge in [0.25, 0.3) is 0 Å². The van der Waals surface area contributed by atoms with E-state index in [1.165, 1.54) is 6.07 Å². The molecule has 1 amide bonds. The number of carbonyl (C=O) groups excluding carboxylic acids is 1. The van der Waals surface area contributed by atoms with E-state index in [-0.39, 0.29) is 23.2 Å². The first-order valence-corrected chi connectivity index (χ1v) is 7.26. The van der Waals surface area contributed by atoms with Crippen LogP contribution in [-0.2, 0) is 10.2 Å². The second-order valence-corrected chi connectivity index (χ2v) is 5.61. The first-order chi connectivity index (χ1) is 10.2. The fourth-order valence-corrected chi connectivity index (χ4v) is 3.39. The highest BCUT2D eigenvalue weighted by Gasteiger charge is 2.47. The Morgan fingerprint density at radius 3 is 2.62 bits per heavy atom. The number of benzene rings is 2. The number of nitrogens with one attached hydrogen (secondary N) is 1. The molecule has 2 aromatic carbocycles. The van der Waals surface area contributed by atoms with Crippen LogP contribution in [0.25, 0.3) is 0 Å². The van der Waals surface area contributed by atoms with E-state index < -0.39 is 0 Å². The summed E-state index contributed by atoms with van der Waals surface area (Å²) in [6.07, 6.45) is 1.17. The summed E-state index contributed by atoms with van der Waals surface area (Å²) < 4.78 is 13.6. The Labute approximate surface area is 124 Å². The Morgan fingerprint density at radius 1 is 1.19 bits per heavy atom. The molecule has 2 atom stereocenters. The van der Waals surface area contributed by atoms with Gasteiger partial charge in [-0.25, -0.2) is 4.39 Å². The maximum absolute atomic E-state index is 13.6. The van der Waals surface area contributed by atoms with E-state index in [0.29, 0.717) is 6.42 Å². The molecule has 3 heteroatoms. The lowest BCUT2D eigenvalue weighted by atomic mass is 9.70. The van der Waals surface area contributed by atoms with Crippen molar-refractivity contribution in [2.24, 2.45) is 0 Å². The van der Waals surface area contributed by atoms with Gasteiger partial charge >= 0.3 is 0 Å². The fraction of sp³-hybridized carbons (Fsp3) is 0.278. The number of rotatable bonds is 3. The molecule has 1 aliphatic heterocycles. The van der Waals surface area contributed by atoms with Crippen molar-refractivity contribution in [1.82, 2.24) is 5.32 Å². The molecule has 2 unspecified atom stereocenters. The summed E-state index contributed by atoms with van der Waals surface area (Å²) >= 11 is 0. The third-order valence-corrected chi connectivity index (χ3v) is 4.50. The maximum Gasteiger partial charge on any atom is 0.221 e. The summed E-state index contributed by atoms with van der Waals surface area (Å²) in [6.45, 7) is 2.06. The fourth-order valence-electron chi connectivity index (χ4n) is 3.39. The Morgan fingerprint density at radius 2 is 1.95 bits per heavy atom. The zero-order chi connectivity index (χ0) is 14.9. The highest BCUT2D eigenvalue weighted by atomic mass is 19.1. The smallest absolute Gasteiger partial charge is 0.221 e. The lowest BCUT2D eigenvalue weighted by Crippen LogP contribution is -2.32. The van der Waals surface area contributed by atoms with Crippen molar-refractivity contribution in [1.29, 1.82) is 0 Å². The third-order valence-electron chi connectivity index (χ3n) is 4.50. The van der Waals surface area contributed by atoms with Crippen molar-refractivity contribution in [2.45, 2.75) is 31.2 Å². The van der Waals surface area contributed by atoms with E-state index in [1.54, 1.807) is 12.1 Å². The Balaban J connectivity index is 2.12. The van der Waals surface area contributed by atoms with Crippen LogP contribution in [0.15, 0.2) is 54.6 Å². The van der Waals surface area contributed by atoms with Crippen LogP contribution in [0.5, 0.6) is 0 Å². The standard InChI is InChI=1S/C18H18FNO/c1-2-18(14-9-6-10-15(19)11-14)12-16(21)20-17(18)13-7-4-3-5-8-13/h3-11,17H,2,12H2,1H3,(H,20,21). The molecule has 0 aromatic heterocycles. The van der Waals surface area contributed by atoms with Crippen LogP contribution in [0.2, 0.25) is 0 Å². The van der Waals surface area contributed by atoms with Gasteiger partial charge in [-0.15, -0.1) is 0 Å². The quantitative estimate of drug-likeness (QED) is 0.913. The van der Waals surface area contributed by atoms with Crippen molar-refractivity contribution in [3.05, 3.63) is 71.5 Å². The molecular weight excluding hydrogens is 265 g/mol. The zero-order valence-corrected chi connectivity index (χ0v) is 12.0. The molecule has 3 rings (SSSR count). The second-order valence-electron chi connectivity index (χ2n) is 5.61. The highest BCUT2D eigenvalue weighted by Crippen LogP contribution is 2.47. The Kier molecular flexibility index (Phi) is 3.50. The molecule has 1 aliphatic rings. The van der Waals surface area contributed by atoms with Gasteiger partial charge < -0.3 is 5.32 Å². The summed E-state index contributed by atoms with van der Waals surface area (Å²) in [4.78, 5) is 12.1. The zero-order valence-electron chi connectivity index (χ0n) is 12.0. The number of hydrogen-bond acceptors (Lipinski definition) is 1. The lowest BCUT2D eigenvalue weighted by Gasteiger charge is -2.34. The van der Waals surface area contributed by atoms with E-state index in [1.807, 2.05) is 36.4 Å². The maximum atomic E-state index is 13.6. The van der Waals surface area contributed by atoms with E-state index >= 15 is 0 Å². The minimum absolute atomic E-state index is 0.0231. The average Bonchev–Trinajstić information content (AvgIpc) is 2.86. The van der Waals surface area contributed by atoms with Gasteiger partial charge in [0.1, 0.15) is 5.82 Å². The molecular formula is C18H18FNO. The van der Waals surface area contributed by atoms with E-state index in [0.717, 1.165) is 17.5 Å². The van der Waals surface area contributed by atoms with E-state index in [2.05, 4.69) is 12.2 Å². The second kappa shape index (κ2) is 5.32. The molecule has 21 heavy (non-hydrogen) atoms. The first-order valence-electron chi connectivity index (χ1n) is 7.26. The van der Waals surface area contributed by atoms with E-state index in [9.17, 15) is 9.18 Å². The normalized spacial score (nSPS) is 24.9. The molecule has 108 valence electrons. The molecule has 0 saturated carbocycles. The minimum Gasteiger partial charge on any atom is -0.348 e. The number of carbonyl (C=O) groups is 1. The summed E-state index contributed by atoms with van der Waals surface area (Å²) in [6, 6.07) is 16.4. The van der Waals surface area contributed by atoms with Crippen LogP contribution in [0, 0.1) is 5.82 Å². The summed E-state index contributed by atoms with van der Waals surface area (Å²) in [5.74, 6) is -0.235. The highest BCUT2D eigenvalue weighted by molar-refractivity contribution is 5.82. The van der Waals surface area contributed by atoms with Gasteiger partial charge in [0, 0.05) is 11.8 Å². The topological polar surface area (TPSA) is 29.1 Å². The SMILES string of the molecule is CCC1(c2cccc(F)c2)CC(=O)NC1c1ccccc1. The minimum atomic E-state index is -0.388. The lowest BCUT2D eigenvalue weighted by molar-refractivity contribution is -0.119. The van der Waals surface area contributed by atoms with Gasteiger partial charge in [0.2, 0.25) is 5.91 Å². The van der Waals surface area contributed by atoms with Crippen LogP contribution in [0.3, 0.4) is 0 Å².